The molecule has 2 aromatic carbocycles. The quantitative estimate of drug-likeness (QED) is 0.411. The van der Waals surface area contributed by atoms with Gasteiger partial charge in [0.15, 0.2) is 17.3 Å². The molecular formula is C19H15BrN6O3. The maximum absolute atomic E-state index is 13.1. The third kappa shape index (κ3) is 4.41. The second-order valence-electron chi connectivity index (χ2n) is 5.64. The number of nitrogens with one attached hydrogen (secondary N) is 2. The molecule has 0 fully saturated rings. The molecule has 0 atom stereocenters. The third-order valence-electron chi connectivity index (χ3n) is 3.95. The first-order valence-electron chi connectivity index (χ1n) is 8.24. The second-order valence-corrected chi connectivity index (χ2v) is 6.55. The summed E-state index contributed by atoms with van der Waals surface area (Å²) in [5.74, 6) is 0.726. The number of carbonyl (C=O) groups is 1. The van der Waals surface area contributed by atoms with E-state index < -0.39 is 0 Å². The number of H-pyrrole nitrogens is 1. The molecule has 0 unspecified atom stereocenters. The lowest BCUT2D eigenvalue weighted by atomic mass is 10.0. The SMILES string of the molecule is COc1cc(NC=C(C#N)c2nn[nH]n2)c(C(=O)c2ccc(Br)cc2)cc1OC. The number of allylic oxidation sites excluding steroid dienone is 1. The molecule has 0 aliphatic carbocycles. The molecule has 146 valence electrons. The van der Waals surface area contributed by atoms with Gasteiger partial charge in [0.25, 0.3) is 0 Å². The van der Waals surface area contributed by atoms with Crippen LogP contribution in [0.5, 0.6) is 11.5 Å². The van der Waals surface area contributed by atoms with Crippen molar-refractivity contribution in [3.63, 3.8) is 0 Å². The highest BCUT2D eigenvalue weighted by Gasteiger charge is 2.18. The number of tetrazole rings is 1. The predicted molar refractivity (Wildman–Crippen MR) is 109 cm³/mol. The summed E-state index contributed by atoms with van der Waals surface area (Å²) < 4.78 is 11.5. The van der Waals surface area contributed by atoms with Gasteiger partial charge >= 0.3 is 0 Å². The van der Waals surface area contributed by atoms with Gasteiger partial charge in [-0.2, -0.15) is 10.5 Å². The molecule has 0 bridgehead atoms. The molecule has 3 rings (SSSR count). The fourth-order valence-electron chi connectivity index (χ4n) is 2.52. The Kier molecular flexibility index (Phi) is 6.21. The zero-order valence-electron chi connectivity index (χ0n) is 15.4. The highest BCUT2D eigenvalue weighted by Crippen LogP contribution is 2.35. The van der Waals surface area contributed by atoms with Crippen molar-refractivity contribution < 1.29 is 14.3 Å². The first kappa shape index (κ1) is 20.0. The second kappa shape index (κ2) is 8.99. The van der Waals surface area contributed by atoms with Crippen molar-refractivity contribution in [2.24, 2.45) is 0 Å². The Morgan fingerprint density at radius 3 is 2.48 bits per heavy atom. The first-order chi connectivity index (χ1) is 14.1. The molecule has 1 aromatic heterocycles. The molecule has 0 saturated heterocycles. The number of carbonyl (C=O) groups excluding carboxylic acids is 1. The molecule has 1 heterocycles. The number of hydrogen-bond donors (Lipinski definition) is 2. The van der Waals surface area contributed by atoms with Crippen LogP contribution in [0.15, 0.2) is 47.1 Å². The number of aromatic amines is 1. The average molecular weight is 455 g/mol. The Balaban J connectivity index is 2.05. The molecule has 29 heavy (non-hydrogen) atoms. The zero-order valence-corrected chi connectivity index (χ0v) is 17.0. The van der Waals surface area contributed by atoms with Crippen LogP contribution in [-0.4, -0.2) is 40.6 Å². The van der Waals surface area contributed by atoms with Crippen molar-refractivity contribution in [2.45, 2.75) is 0 Å². The summed E-state index contributed by atoms with van der Waals surface area (Å²) in [7, 11) is 2.98. The number of anilines is 1. The molecule has 10 heteroatoms. The van der Waals surface area contributed by atoms with E-state index in [9.17, 15) is 10.1 Å². The summed E-state index contributed by atoms with van der Waals surface area (Å²) in [6.07, 6.45) is 1.39. The van der Waals surface area contributed by atoms with Gasteiger partial charge in [0.05, 0.1) is 19.9 Å². The molecule has 3 aromatic rings. The minimum atomic E-state index is -0.229. The van der Waals surface area contributed by atoms with Gasteiger partial charge in [0.2, 0.25) is 5.82 Å². The normalized spacial score (nSPS) is 10.9. The lowest BCUT2D eigenvalue weighted by molar-refractivity contribution is 0.103. The number of halogens is 1. The van der Waals surface area contributed by atoms with Crippen LogP contribution >= 0.6 is 15.9 Å². The maximum atomic E-state index is 13.1. The molecule has 9 nitrogen and oxygen atoms in total. The Hall–Kier alpha value is -3.71. The van der Waals surface area contributed by atoms with Crippen molar-refractivity contribution in [3.8, 4) is 17.6 Å². The summed E-state index contributed by atoms with van der Waals surface area (Å²) in [5.41, 5.74) is 1.39. The highest BCUT2D eigenvalue weighted by molar-refractivity contribution is 9.10. The largest absolute Gasteiger partial charge is 0.493 e. The number of benzene rings is 2. The number of nitrogens with zero attached hydrogens (tertiary/aromatic N) is 4. The molecule has 0 amide bonds. The number of ether oxygens (including phenoxy) is 2. The van der Waals surface area contributed by atoms with Crippen molar-refractivity contribution in [2.75, 3.05) is 19.5 Å². The molecule has 0 aliphatic rings. The van der Waals surface area contributed by atoms with Gasteiger partial charge in [-0.1, -0.05) is 15.9 Å². The lowest BCUT2D eigenvalue weighted by Crippen LogP contribution is -2.07. The van der Waals surface area contributed by atoms with Gasteiger partial charge in [-0.05, 0) is 35.5 Å². The van der Waals surface area contributed by atoms with E-state index in [2.05, 4.69) is 41.9 Å². The zero-order chi connectivity index (χ0) is 20.8. The van der Waals surface area contributed by atoms with Gasteiger partial charge in [-0.15, -0.1) is 10.2 Å². The Morgan fingerprint density at radius 2 is 1.90 bits per heavy atom. The van der Waals surface area contributed by atoms with E-state index in [1.54, 1.807) is 36.4 Å². The van der Waals surface area contributed by atoms with E-state index in [4.69, 9.17) is 9.47 Å². The fourth-order valence-corrected chi connectivity index (χ4v) is 2.78. The van der Waals surface area contributed by atoms with Gasteiger partial charge < -0.3 is 14.8 Å². The summed E-state index contributed by atoms with van der Waals surface area (Å²) in [4.78, 5) is 13.1. The van der Waals surface area contributed by atoms with Crippen LogP contribution in [0.3, 0.4) is 0 Å². The van der Waals surface area contributed by atoms with Crippen LogP contribution in [0, 0.1) is 11.3 Å². The van der Waals surface area contributed by atoms with Crippen molar-refractivity contribution >= 4 is 33.0 Å². The van der Waals surface area contributed by atoms with Gasteiger partial charge in [0.1, 0.15) is 11.6 Å². The molecule has 0 aliphatic heterocycles. The van der Waals surface area contributed by atoms with Gasteiger partial charge in [-0.3, -0.25) is 4.79 Å². The standard InChI is InChI=1S/C19H15BrN6O3/c1-28-16-7-14(18(27)11-3-5-13(20)6-4-11)15(8-17(16)29-2)22-10-12(9-21)19-23-25-26-24-19/h3-8,10,22H,1-2H3,(H,23,24,25,26). The Labute approximate surface area is 174 Å². The molecule has 0 spiro atoms. The Morgan fingerprint density at radius 1 is 1.21 bits per heavy atom. The van der Waals surface area contributed by atoms with Crippen LogP contribution in [0.4, 0.5) is 5.69 Å². The first-order valence-corrected chi connectivity index (χ1v) is 9.03. The minimum absolute atomic E-state index is 0.126. The number of ketones is 1. The smallest absolute Gasteiger partial charge is 0.216 e. The number of hydrogen-bond acceptors (Lipinski definition) is 8. The minimum Gasteiger partial charge on any atom is -0.493 e. The molecule has 2 N–H and O–H groups in total. The van der Waals surface area contributed by atoms with Gasteiger partial charge in [0, 0.05) is 27.9 Å². The van der Waals surface area contributed by atoms with Crippen molar-refractivity contribution in [1.82, 2.24) is 20.6 Å². The third-order valence-corrected chi connectivity index (χ3v) is 4.48. The predicted octanol–water partition coefficient (Wildman–Crippen LogP) is 3.19. The van der Waals surface area contributed by atoms with Crippen LogP contribution < -0.4 is 14.8 Å². The summed E-state index contributed by atoms with van der Waals surface area (Å²) in [6.45, 7) is 0. The van der Waals surface area contributed by atoms with Gasteiger partial charge in [-0.25, -0.2) is 0 Å². The van der Waals surface area contributed by atoms with Crippen LogP contribution in [-0.2, 0) is 0 Å². The maximum Gasteiger partial charge on any atom is 0.216 e. The number of aromatic nitrogens is 4. The topological polar surface area (TPSA) is 126 Å². The van der Waals surface area contributed by atoms with Crippen LogP contribution in [0.1, 0.15) is 21.7 Å². The van der Waals surface area contributed by atoms with E-state index in [-0.39, 0.29) is 17.2 Å². The number of methoxy groups -OCH3 is 2. The van der Waals surface area contributed by atoms with E-state index in [0.717, 1.165) is 4.47 Å². The molecule has 0 saturated carbocycles. The van der Waals surface area contributed by atoms with Crippen molar-refractivity contribution in [1.29, 1.82) is 5.26 Å². The number of rotatable bonds is 7. The summed E-state index contributed by atoms with van der Waals surface area (Å²) in [5, 5.41) is 25.6. The molecular weight excluding hydrogens is 440 g/mol. The lowest BCUT2D eigenvalue weighted by Gasteiger charge is -2.14. The van der Waals surface area contributed by atoms with Crippen LogP contribution in [0.2, 0.25) is 0 Å². The number of nitriles is 1. The summed E-state index contributed by atoms with van der Waals surface area (Å²) >= 11 is 3.36. The molecule has 0 radical (unpaired) electrons. The monoisotopic (exact) mass is 454 g/mol. The Bertz CT molecular complexity index is 1090. The van der Waals surface area contributed by atoms with E-state index in [0.29, 0.717) is 28.3 Å². The summed E-state index contributed by atoms with van der Waals surface area (Å²) in [6, 6.07) is 12.2. The average Bonchev–Trinajstić information content (AvgIpc) is 3.28. The van der Waals surface area contributed by atoms with Crippen molar-refractivity contribution in [3.05, 3.63) is 64.0 Å². The van der Waals surface area contributed by atoms with Crippen LogP contribution in [0.25, 0.3) is 5.57 Å². The van der Waals surface area contributed by atoms with E-state index in [1.165, 1.54) is 20.4 Å². The highest BCUT2D eigenvalue weighted by atomic mass is 79.9. The fraction of sp³-hybridized carbons (Fsp3) is 0.105. The van der Waals surface area contributed by atoms with E-state index in [1.807, 2.05) is 6.07 Å². The van der Waals surface area contributed by atoms with E-state index >= 15 is 0 Å².